The van der Waals surface area contributed by atoms with E-state index in [0.717, 1.165) is 25.1 Å². The van der Waals surface area contributed by atoms with E-state index in [1.807, 2.05) is 13.0 Å². The minimum atomic E-state index is -0.256. The summed E-state index contributed by atoms with van der Waals surface area (Å²) in [5.41, 5.74) is 0.860. The Morgan fingerprint density at radius 1 is 1.30 bits per heavy atom. The van der Waals surface area contributed by atoms with Crippen molar-refractivity contribution in [3.63, 3.8) is 0 Å². The summed E-state index contributed by atoms with van der Waals surface area (Å²) >= 11 is 0. The molecule has 0 saturated heterocycles. The monoisotopic (exact) mass is 302 g/mol. The fraction of sp³-hybridized carbons (Fsp3) is 0.533. The van der Waals surface area contributed by atoms with E-state index in [2.05, 4.69) is 17.6 Å². The first kappa shape index (κ1) is 18.9. The zero-order valence-electron chi connectivity index (χ0n) is 12.1. The highest BCUT2D eigenvalue weighted by molar-refractivity contribution is 5.85. The smallest absolute Gasteiger partial charge is 0.220 e. The maximum atomic E-state index is 13.1. The molecule has 20 heavy (non-hydrogen) atoms. The Bertz CT molecular complexity index is 401. The predicted molar refractivity (Wildman–Crippen MR) is 82.9 cm³/mol. The third-order valence-electron chi connectivity index (χ3n) is 2.96. The summed E-state index contributed by atoms with van der Waals surface area (Å²) in [5, 5.41) is 6.08. The molecule has 1 atom stereocenters. The largest absolute Gasteiger partial charge is 0.355 e. The molecule has 0 saturated carbocycles. The average Bonchev–Trinajstić information content (AvgIpc) is 2.38. The molecule has 3 nitrogen and oxygen atoms in total. The van der Waals surface area contributed by atoms with E-state index in [1.165, 1.54) is 12.1 Å². The fourth-order valence-corrected chi connectivity index (χ4v) is 1.87. The Balaban J connectivity index is 0.00000361. The highest BCUT2D eigenvalue weighted by Crippen LogP contribution is 2.19. The lowest BCUT2D eigenvalue weighted by molar-refractivity contribution is -0.121. The third kappa shape index (κ3) is 7.46. The molecule has 0 fully saturated rings. The summed E-state index contributed by atoms with van der Waals surface area (Å²) in [6.07, 6.45) is 1.47. The van der Waals surface area contributed by atoms with Gasteiger partial charge in [-0.15, -0.1) is 12.4 Å². The summed E-state index contributed by atoms with van der Waals surface area (Å²) < 4.78 is 13.1. The van der Waals surface area contributed by atoms with Crippen LogP contribution in [-0.2, 0) is 4.79 Å². The highest BCUT2D eigenvalue weighted by atomic mass is 35.5. The van der Waals surface area contributed by atoms with Crippen LogP contribution < -0.4 is 10.6 Å². The van der Waals surface area contributed by atoms with Crippen molar-refractivity contribution in [3.8, 4) is 0 Å². The zero-order valence-corrected chi connectivity index (χ0v) is 12.9. The van der Waals surface area contributed by atoms with Gasteiger partial charge in [0.25, 0.3) is 0 Å². The zero-order chi connectivity index (χ0) is 14.1. The molecule has 1 aromatic carbocycles. The molecule has 0 aliphatic rings. The lowest BCUT2D eigenvalue weighted by atomic mass is 9.97. The number of rotatable bonds is 8. The maximum Gasteiger partial charge on any atom is 0.220 e. The van der Waals surface area contributed by atoms with Crippen LogP contribution in [0.4, 0.5) is 4.39 Å². The van der Waals surface area contributed by atoms with Crippen molar-refractivity contribution in [1.82, 2.24) is 10.6 Å². The molecule has 0 bridgehead atoms. The van der Waals surface area contributed by atoms with E-state index >= 15 is 0 Å². The lowest BCUT2D eigenvalue weighted by Crippen LogP contribution is -2.32. The van der Waals surface area contributed by atoms with Gasteiger partial charge in [0.15, 0.2) is 0 Å². The highest BCUT2D eigenvalue weighted by Gasteiger charge is 2.11. The van der Waals surface area contributed by atoms with Crippen molar-refractivity contribution < 1.29 is 9.18 Å². The third-order valence-corrected chi connectivity index (χ3v) is 2.96. The number of halogens is 2. The quantitative estimate of drug-likeness (QED) is 0.725. The standard InChI is InChI=1S/C15H23FN2O.ClH/c1-3-7-17-8-9-18-15(19)10-12(2)13-5-4-6-14(16)11-13;/h4-6,11-12,17H,3,7-10H2,1-2H3,(H,18,19);1H. The van der Waals surface area contributed by atoms with Gasteiger partial charge in [-0.2, -0.15) is 0 Å². The van der Waals surface area contributed by atoms with Crippen LogP contribution in [0.15, 0.2) is 24.3 Å². The number of hydrogen-bond acceptors (Lipinski definition) is 2. The first-order chi connectivity index (χ1) is 9.13. The van der Waals surface area contributed by atoms with E-state index in [1.54, 1.807) is 6.07 Å². The SMILES string of the molecule is CCCNCCNC(=O)CC(C)c1cccc(F)c1.Cl. The molecular weight excluding hydrogens is 279 g/mol. The molecule has 0 aliphatic heterocycles. The molecule has 1 rings (SSSR count). The van der Waals surface area contributed by atoms with Gasteiger partial charge in [-0.3, -0.25) is 4.79 Å². The van der Waals surface area contributed by atoms with E-state index in [4.69, 9.17) is 0 Å². The Morgan fingerprint density at radius 3 is 2.70 bits per heavy atom. The summed E-state index contributed by atoms with van der Waals surface area (Å²) in [5.74, 6) is -0.220. The predicted octanol–water partition coefficient (Wildman–Crippen LogP) is 2.86. The summed E-state index contributed by atoms with van der Waals surface area (Å²) in [7, 11) is 0. The van der Waals surface area contributed by atoms with Crippen LogP contribution in [0.3, 0.4) is 0 Å². The number of carbonyl (C=O) groups is 1. The first-order valence-electron chi connectivity index (χ1n) is 6.86. The van der Waals surface area contributed by atoms with Crippen LogP contribution in [0.5, 0.6) is 0 Å². The Morgan fingerprint density at radius 2 is 2.05 bits per heavy atom. The second-order valence-corrected chi connectivity index (χ2v) is 4.76. The Hall–Kier alpha value is -1.13. The van der Waals surface area contributed by atoms with Crippen molar-refractivity contribution >= 4 is 18.3 Å². The number of hydrogen-bond donors (Lipinski definition) is 2. The van der Waals surface area contributed by atoms with Crippen molar-refractivity contribution in [2.45, 2.75) is 32.6 Å². The molecule has 0 radical (unpaired) electrons. The van der Waals surface area contributed by atoms with Crippen LogP contribution in [0.1, 0.15) is 38.2 Å². The first-order valence-corrected chi connectivity index (χ1v) is 6.86. The van der Waals surface area contributed by atoms with E-state index in [0.29, 0.717) is 13.0 Å². The molecule has 2 N–H and O–H groups in total. The second-order valence-electron chi connectivity index (χ2n) is 4.76. The van der Waals surface area contributed by atoms with Crippen LogP contribution in [0.25, 0.3) is 0 Å². The van der Waals surface area contributed by atoms with Crippen LogP contribution in [0.2, 0.25) is 0 Å². The van der Waals surface area contributed by atoms with Crippen LogP contribution in [-0.4, -0.2) is 25.5 Å². The number of benzene rings is 1. The molecule has 0 aromatic heterocycles. The molecular formula is C15H24ClFN2O. The van der Waals surface area contributed by atoms with Crippen molar-refractivity contribution in [2.75, 3.05) is 19.6 Å². The molecule has 114 valence electrons. The van der Waals surface area contributed by atoms with Gasteiger partial charge in [0, 0.05) is 19.5 Å². The lowest BCUT2D eigenvalue weighted by Gasteiger charge is -2.12. The topological polar surface area (TPSA) is 41.1 Å². The fourth-order valence-electron chi connectivity index (χ4n) is 1.87. The van der Waals surface area contributed by atoms with Gasteiger partial charge in [-0.1, -0.05) is 26.0 Å². The van der Waals surface area contributed by atoms with Crippen molar-refractivity contribution in [3.05, 3.63) is 35.6 Å². The van der Waals surface area contributed by atoms with Gasteiger partial charge in [-0.25, -0.2) is 4.39 Å². The van der Waals surface area contributed by atoms with Gasteiger partial charge in [0.05, 0.1) is 0 Å². The molecule has 1 unspecified atom stereocenters. The minimum absolute atomic E-state index is 0. The van der Waals surface area contributed by atoms with Gasteiger partial charge >= 0.3 is 0 Å². The second kappa shape index (κ2) is 10.6. The van der Waals surface area contributed by atoms with E-state index in [9.17, 15) is 9.18 Å². The van der Waals surface area contributed by atoms with E-state index in [-0.39, 0.29) is 30.0 Å². The normalized spacial score (nSPS) is 11.6. The van der Waals surface area contributed by atoms with E-state index < -0.39 is 0 Å². The average molecular weight is 303 g/mol. The summed E-state index contributed by atoms with van der Waals surface area (Å²) in [4.78, 5) is 11.7. The number of amides is 1. The van der Waals surface area contributed by atoms with Crippen LogP contribution >= 0.6 is 12.4 Å². The van der Waals surface area contributed by atoms with Crippen molar-refractivity contribution in [1.29, 1.82) is 0 Å². The molecule has 0 heterocycles. The minimum Gasteiger partial charge on any atom is -0.355 e. The number of nitrogens with one attached hydrogen (secondary N) is 2. The van der Waals surface area contributed by atoms with Gasteiger partial charge in [0.2, 0.25) is 5.91 Å². The number of carbonyl (C=O) groups excluding carboxylic acids is 1. The maximum absolute atomic E-state index is 13.1. The van der Waals surface area contributed by atoms with Gasteiger partial charge in [-0.05, 0) is 36.6 Å². The Kier molecular flexibility index (Phi) is 10.0. The summed E-state index contributed by atoms with van der Waals surface area (Å²) in [6, 6.07) is 6.42. The van der Waals surface area contributed by atoms with Crippen molar-refractivity contribution in [2.24, 2.45) is 0 Å². The summed E-state index contributed by atoms with van der Waals surface area (Å²) in [6.45, 7) is 6.42. The van der Waals surface area contributed by atoms with Gasteiger partial charge < -0.3 is 10.6 Å². The Labute approximate surface area is 126 Å². The molecule has 5 heteroatoms. The molecule has 0 spiro atoms. The molecule has 1 amide bonds. The molecule has 0 aliphatic carbocycles. The van der Waals surface area contributed by atoms with Gasteiger partial charge in [0.1, 0.15) is 5.82 Å². The molecule has 1 aromatic rings. The van der Waals surface area contributed by atoms with Crippen LogP contribution in [0, 0.1) is 5.82 Å².